The van der Waals surface area contributed by atoms with Gasteiger partial charge in [0.2, 0.25) is 0 Å². The third-order valence-electron chi connectivity index (χ3n) is 4.40. The van der Waals surface area contributed by atoms with Crippen LogP contribution in [0.3, 0.4) is 0 Å². The number of benzene rings is 1. The van der Waals surface area contributed by atoms with Gasteiger partial charge in [-0.15, -0.1) is 0 Å². The van der Waals surface area contributed by atoms with Crippen LogP contribution in [0.4, 0.5) is 0 Å². The number of aromatic nitrogens is 2. The summed E-state index contributed by atoms with van der Waals surface area (Å²) in [5.74, 6) is -1.34. The molecule has 1 heterocycles. The second kappa shape index (κ2) is 7.94. The molecular weight excluding hydrogens is 320 g/mol. The number of carbonyl (C=O) groups is 2. The maximum absolute atomic E-state index is 11.8. The maximum atomic E-state index is 11.8. The zero-order valence-corrected chi connectivity index (χ0v) is 13.9. The van der Waals surface area contributed by atoms with E-state index in [1.807, 2.05) is 24.4 Å². The van der Waals surface area contributed by atoms with E-state index in [1.54, 1.807) is 23.0 Å². The van der Waals surface area contributed by atoms with E-state index >= 15 is 0 Å². The Hall–Kier alpha value is -2.67. The van der Waals surface area contributed by atoms with Crippen LogP contribution in [0.25, 0.3) is 5.69 Å². The highest BCUT2D eigenvalue weighted by Gasteiger charge is 2.21. The number of aliphatic hydroxyl groups is 1. The van der Waals surface area contributed by atoms with Gasteiger partial charge in [0.1, 0.15) is 0 Å². The largest absolute Gasteiger partial charge is 0.387 e. The van der Waals surface area contributed by atoms with Crippen molar-refractivity contribution in [3.05, 3.63) is 48.3 Å². The van der Waals surface area contributed by atoms with Crippen LogP contribution >= 0.6 is 0 Å². The molecule has 0 aliphatic heterocycles. The molecular formula is C18H22N4O3. The first-order valence-electron chi connectivity index (χ1n) is 8.50. The molecule has 3 rings (SSSR count). The van der Waals surface area contributed by atoms with Crippen molar-refractivity contribution in [1.82, 2.24) is 20.4 Å². The molecule has 2 aromatic rings. The van der Waals surface area contributed by atoms with Crippen LogP contribution in [-0.4, -0.2) is 39.3 Å². The van der Waals surface area contributed by atoms with Gasteiger partial charge in [-0.2, -0.15) is 5.10 Å². The number of nitrogens with one attached hydrogen (secondary N) is 2. The normalized spacial score (nSPS) is 15.7. The zero-order chi connectivity index (χ0) is 17.6. The Kier molecular flexibility index (Phi) is 5.45. The summed E-state index contributed by atoms with van der Waals surface area (Å²) in [7, 11) is 0. The van der Waals surface area contributed by atoms with Crippen LogP contribution in [0.5, 0.6) is 0 Å². The van der Waals surface area contributed by atoms with Gasteiger partial charge in [0.05, 0.1) is 11.8 Å². The lowest BCUT2D eigenvalue weighted by Crippen LogP contribution is -2.44. The molecule has 0 radical (unpaired) electrons. The molecule has 2 amide bonds. The van der Waals surface area contributed by atoms with E-state index in [2.05, 4.69) is 15.7 Å². The number of amides is 2. The summed E-state index contributed by atoms with van der Waals surface area (Å²) in [4.78, 5) is 23.6. The molecule has 1 unspecified atom stereocenters. The van der Waals surface area contributed by atoms with Crippen molar-refractivity contribution in [3.63, 3.8) is 0 Å². The van der Waals surface area contributed by atoms with Gasteiger partial charge in [-0.25, -0.2) is 4.68 Å². The van der Waals surface area contributed by atoms with Crippen molar-refractivity contribution < 1.29 is 14.7 Å². The van der Waals surface area contributed by atoms with Crippen LogP contribution in [-0.2, 0) is 9.59 Å². The Morgan fingerprint density at radius 1 is 1.20 bits per heavy atom. The minimum atomic E-state index is -0.880. The van der Waals surface area contributed by atoms with Crippen molar-refractivity contribution in [2.24, 2.45) is 0 Å². The highest BCUT2D eigenvalue weighted by Crippen LogP contribution is 2.17. The fraction of sp³-hybridized carbons (Fsp3) is 0.389. The van der Waals surface area contributed by atoms with Gasteiger partial charge in [-0.05, 0) is 36.6 Å². The van der Waals surface area contributed by atoms with E-state index in [1.165, 1.54) is 0 Å². The minimum Gasteiger partial charge on any atom is -0.387 e. The van der Waals surface area contributed by atoms with Crippen LogP contribution < -0.4 is 10.6 Å². The molecule has 1 fully saturated rings. The van der Waals surface area contributed by atoms with Crippen molar-refractivity contribution in [2.75, 3.05) is 6.54 Å². The first-order chi connectivity index (χ1) is 12.1. The molecule has 0 saturated heterocycles. The average molecular weight is 342 g/mol. The quantitative estimate of drug-likeness (QED) is 0.709. The number of aliphatic hydroxyl groups excluding tert-OH is 1. The number of nitrogens with zero attached hydrogens (tertiary/aromatic N) is 2. The van der Waals surface area contributed by atoms with Gasteiger partial charge in [0.15, 0.2) is 0 Å². The first kappa shape index (κ1) is 17.2. The predicted octanol–water partition coefficient (Wildman–Crippen LogP) is 1.08. The molecule has 1 saturated carbocycles. The molecule has 25 heavy (non-hydrogen) atoms. The van der Waals surface area contributed by atoms with Gasteiger partial charge < -0.3 is 15.7 Å². The fourth-order valence-electron chi connectivity index (χ4n) is 2.98. The zero-order valence-electron chi connectivity index (χ0n) is 13.9. The smallest absolute Gasteiger partial charge is 0.309 e. The SMILES string of the molecule is O=C(NCC(O)c1ccc(-n2cccn2)cc1)C(=O)NC1CCCC1. The summed E-state index contributed by atoms with van der Waals surface area (Å²) in [6.07, 6.45) is 6.65. The molecule has 0 bridgehead atoms. The van der Waals surface area contributed by atoms with E-state index in [4.69, 9.17) is 0 Å². The van der Waals surface area contributed by atoms with Crippen molar-refractivity contribution in [1.29, 1.82) is 0 Å². The third-order valence-corrected chi connectivity index (χ3v) is 4.40. The van der Waals surface area contributed by atoms with Crippen molar-refractivity contribution in [2.45, 2.75) is 37.8 Å². The summed E-state index contributed by atoms with van der Waals surface area (Å²) < 4.78 is 1.71. The number of carbonyl (C=O) groups excluding carboxylic acids is 2. The van der Waals surface area contributed by atoms with Crippen molar-refractivity contribution in [3.8, 4) is 5.69 Å². The summed E-state index contributed by atoms with van der Waals surface area (Å²) in [6.45, 7) is -0.0158. The Balaban J connectivity index is 1.49. The van der Waals surface area contributed by atoms with Gasteiger partial charge in [-0.1, -0.05) is 25.0 Å². The predicted molar refractivity (Wildman–Crippen MR) is 91.9 cm³/mol. The van der Waals surface area contributed by atoms with E-state index in [9.17, 15) is 14.7 Å². The molecule has 132 valence electrons. The standard InChI is InChI=1S/C18H22N4O3/c23-16(12-19-17(24)18(25)21-14-4-1-2-5-14)13-6-8-15(9-7-13)22-11-3-10-20-22/h3,6-11,14,16,23H,1-2,4-5,12H2,(H,19,24)(H,21,25). The molecule has 3 N–H and O–H groups in total. The van der Waals surface area contributed by atoms with E-state index in [0.717, 1.165) is 31.4 Å². The van der Waals surface area contributed by atoms with E-state index < -0.39 is 17.9 Å². The fourth-order valence-corrected chi connectivity index (χ4v) is 2.98. The van der Waals surface area contributed by atoms with Crippen LogP contribution in [0.2, 0.25) is 0 Å². The summed E-state index contributed by atoms with van der Waals surface area (Å²) in [5, 5.41) is 19.5. The summed E-state index contributed by atoms with van der Waals surface area (Å²) in [5.41, 5.74) is 1.54. The monoisotopic (exact) mass is 342 g/mol. The lowest BCUT2D eigenvalue weighted by Gasteiger charge is -2.14. The number of hydrogen-bond acceptors (Lipinski definition) is 4. The second-order valence-corrected chi connectivity index (χ2v) is 6.22. The second-order valence-electron chi connectivity index (χ2n) is 6.22. The number of rotatable bonds is 5. The Morgan fingerprint density at radius 3 is 2.56 bits per heavy atom. The molecule has 1 aromatic carbocycles. The van der Waals surface area contributed by atoms with Gasteiger partial charge >= 0.3 is 11.8 Å². The molecule has 0 spiro atoms. The van der Waals surface area contributed by atoms with Crippen molar-refractivity contribution >= 4 is 11.8 Å². The molecule has 1 aliphatic carbocycles. The topological polar surface area (TPSA) is 96.2 Å². The Bertz CT molecular complexity index is 706. The molecule has 1 aromatic heterocycles. The summed E-state index contributed by atoms with van der Waals surface area (Å²) in [6, 6.07) is 9.13. The van der Waals surface area contributed by atoms with Gasteiger partial charge in [0, 0.05) is 25.0 Å². The van der Waals surface area contributed by atoms with E-state index in [-0.39, 0.29) is 12.6 Å². The highest BCUT2D eigenvalue weighted by molar-refractivity contribution is 6.35. The Morgan fingerprint density at radius 2 is 1.92 bits per heavy atom. The summed E-state index contributed by atoms with van der Waals surface area (Å²) >= 11 is 0. The molecule has 7 nitrogen and oxygen atoms in total. The first-order valence-corrected chi connectivity index (χ1v) is 8.50. The highest BCUT2D eigenvalue weighted by atomic mass is 16.3. The van der Waals surface area contributed by atoms with Crippen LogP contribution in [0, 0.1) is 0 Å². The lowest BCUT2D eigenvalue weighted by molar-refractivity contribution is -0.139. The van der Waals surface area contributed by atoms with Gasteiger partial charge in [0.25, 0.3) is 0 Å². The van der Waals surface area contributed by atoms with Crippen LogP contribution in [0.15, 0.2) is 42.7 Å². The van der Waals surface area contributed by atoms with Crippen LogP contribution in [0.1, 0.15) is 37.4 Å². The van der Waals surface area contributed by atoms with E-state index in [0.29, 0.717) is 5.56 Å². The lowest BCUT2D eigenvalue weighted by atomic mass is 10.1. The maximum Gasteiger partial charge on any atom is 0.309 e. The molecule has 1 aliphatic rings. The minimum absolute atomic E-state index is 0.0158. The Labute approximate surface area is 146 Å². The van der Waals surface area contributed by atoms with Gasteiger partial charge in [-0.3, -0.25) is 9.59 Å². The number of hydrogen-bond donors (Lipinski definition) is 3. The average Bonchev–Trinajstić information content (AvgIpc) is 3.33. The molecule has 7 heteroatoms. The molecule has 1 atom stereocenters. The third kappa shape index (κ3) is 4.45.